The Morgan fingerprint density at radius 1 is 0.455 bits per heavy atom. The van der Waals surface area contributed by atoms with Crippen LogP contribution in [0.25, 0.3) is 0 Å². The van der Waals surface area contributed by atoms with Gasteiger partial charge in [-0.15, -0.1) is 0 Å². The predicted molar refractivity (Wildman–Crippen MR) is 154 cm³/mol. The summed E-state index contributed by atoms with van der Waals surface area (Å²) in [6.07, 6.45) is 0. The molecule has 15 heteroatoms. The van der Waals surface area contributed by atoms with Gasteiger partial charge in [-0.3, -0.25) is 0 Å². The topological polar surface area (TPSA) is 0 Å². The van der Waals surface area contributed by atoms with Gasteiger partial charge in [0.2, 0.25) is 0 Å². The highest BCUT2D eigenvalue weighted by molar-refractivity contribution is 9.42. The van der Waals surface area contributed by atoms with Crippen LogP contribution in [0, 0.1) is 0 Å². The summed E-state index contributed by atoms with van der Waals surface area (Å²) in [5, 5.41) is 0. The van der Waals surface area contributed by atoms with Crippen molar-refractivity contribution >= 4 is 239 Å². The van der Waals surface area contributed by atoms with Gasteiger partial charge in [0.25, 0.3) is 0 Å². The molecule has 1 atom stereocenters. The van der Waals surface area contributed by atoms with Crippen LogP contribution in [0.15, 0.2) is 0 Å². The summed E-state index contributed by atoms with van der Waals surface area (Å²) in [4.78, 5) is -0.202. The summed E-state index contributed by atoms with van der Waals surface area (Å²) in [7, 11) is 0. The van der Waals surface area contributed by atoms with E-state index in [-0.39, 0.29) is 4.83 Å². The van der Waals surface area contributed by atoms with E-state index < -0.39 is 17.2 Å². The lowest BCUT2D eigenvalue weighted by atomic mass is 10.1. The van der Waals surface area contributed by atoms with Crippen LogP contribution in [0.2, 0.25) is 0 Å². The molecular weight excluding hydrogens is 1280 g/mol. The van der Waals surface area contributed by atoms with E-state index in [1.807, 2.05) is 0 Å². The Bertz CT molecular complexity index is 397. The lowest BCUT2D eigenvalue weighted by Crippen LogP contribution is -2.62. The molecule has 22 heavy (non-hydrogen) atoms. The number of alkyl halides is 15. The summed E-state index contributed by atoms with van der Waals surface area (Å²) in [6, 6.07) is 0. The maximum absolute atomic E-state index is 3.76. The second kappa shape index (κ2) is 9.77. The minimum atomic E-state index is -0.826. The first-order valence-electron chi connectivity index (χ1n) is 4.44. The molecule has 0 saturated heterocycles. The monoisotopic (exact) mass is 1270 g/mol. The Hall–Kier alpha value is 7.20. The molecular formula is C7HBr15. The van der Waals surface area contributed by atoms with Gasteiger partial charge in [-0.05, 0) is 0 Å². The van der Waals surface area contributed by atoms with Crippen LogP contribution in [-0.4, -0.2) is 22.0 Å². The van der Waals surface area contributed by atoms with Crippen molar-refractivity contribution in [3.05, 3.63) is 0 Å². The molecule has 0 saturated carbocycles. The first-order valence-corrected chi connectivity index (χ1v) is 16.5. The average molecular weight is 1280 g/mol. The summed E-state index contributed by atoms with van der Waals surface area (Å²) in [5.74, 6) is 0. The van der Waals surface area contributed by atoms with Crippen molar-refractivity contribution in [1.82, 2.24) is 0 Å². The molecule has 0 heterocycles. The quantitative estimate of drug-likeness (QED) is 0.246. The number of hydrogen-bond donors (Lipinski definition) is 0. The third-order valence-corrected chi connectivity index (χ3v) is 28.7. The molecule has 0 N–H and O–H groups in total. The van der Waals surface area contributed by atoms with Gasteiger partial charge in [0.1, 0.15) is 15.1 Å². The lowest BCUT2D eigenvalue weighted by Gasteiger charge is -2.53. The van der Waals surface area contributed by atoms with Crippen molar-refractivity contribution in [2.45, 2.75) is 22.0 Å². The molecule has 0 aliphatic rings. The lowest BCUT2D eigenvalue weighted by molar-refractivity contribution is 0.647. The second-order valence-corrected chi connectivity index (χ2v) is 32.3. The Labute approximate surface area is 255 Å². The van der Waals surface area contributed by atoms with Crippen molar-refractivity contribution in [3.63, 3.8) is 0 Å². The Balaban J connectivity index is 6.12. The first kappa shape index (κ1) is 29.2. The molecule has 0 amide bonds. The average Bonchev–Trinajstić information content (AvgIpc) is 2.24. The van der Waals surface area contributed by atoms with E-state index in [1.165, 1.54) is 0 Å². The van der Waals surface area contributed by atoms with E-state index in [2.05, 4.69) is 239 Å². The number of rotatable bonds is 4. The van der Waals surface area contributed by atoms with Crippen LogP contribution in [-0.2, 0) is 0 Å². The molecule has 0 spiro atoms. The zero-order valence-electron chi connectivity index (χ0n) is 9.25. The highest BCUT2D eigenvalue weighted by Gasteiger charge is 2.71. The molecule has 0 rings (SSSR count). The zero-order chi connectivity index (χ0) is 18.6. The standard InChI is InChI=1S/C7HBr15/c8-1(3(11,12)13)2(9,10)4(14,15)5(16,17)6(18,19)7(20,21)22/h1H. The van der Waals surface area contributed by atoms with Gasteiger partial charge < -0.3 is 0 Å². The van der Waals surface area contributed by atoms with E-state index in [1.54, 1.807) is 0 Å². The van der Waals surface area contributed by atoms with E-state index in [9.17, 15) is 0 Å². The maximum Gasteiger partial charge on any atom is 0.162 e. The SMILES string of the molecule is BrC(C(Br)(Br)Br)C(Br)(Br)C(Br)(Br)C(Br)(Br)C(Br)(Br)C(Br)(Br)Br. The minimum absolute atomic E-state index is 0.202. The Kier molecular flexibility index (Phi) is 13.0. The second-order valence-electron chi connectivity index (χ2n) is 3.75. The van der Waals surface area contributed by atoms with Crippen LogP contribution in [0.1, 0.15) is 0 Å². The van der Waals surface area contributed by atoms with Crippen molar-refractivity contribution < 1.29 is 0 Å². The number of halogens is 15. The fraction of sp³-hybridized carbons (Fsp3) is 1.00. The van der Waals surface area contributed by atoms with Crippen molar-refractivity contribution in [3.8, 4) is 0 Å². The van der Waals surface area contributed by atoms with Gasteiger partial charge in [-0.1, -0.05) is 239 Å². The Morgan fingerprint density at radius 3 is 1.00 bits per heavy atom. The summed E-state index contributed by atoms with van der Waals surface area (Å²) < 4.78 is -4.44. The van der Waals surface area contributed by atoms with E-state index in [4.69, 9.17) is 0 Å². The molecule has 0 aliphatic heterocycles. The molecule has 0 aliphatic carbocycles. The van der Waals surface area contributed by atoms with Crippen molar-refractivity contribution in [1.29, 1.82) is 0 Å². The van der Waals surface area contributed by atoms with Crippen LogP contribution in [0.3, 0.4) is 0 Å². The molecule has 0 aromatic carbocycles. The first-order chi connectivity index (χ1) is 9.15. The van der Waals surface area contributed by atoms with Gasteiger partial charge in [0, 0.05) is 0 Å². The highest BCUT2D eigenvalue weighted by Crippen LogP contribution is 2.73. The van der Waals surface area contributed by atoms with Crippen LogP contribution >= 0.6 is 239 Å². The smallest absolute Gasteiger partial charge is 0.0831 e. The Morgan fingerprint density at radius 2 is 0.773 bits per heavy atom. The molecule has 134 valence electrons. The number of hydrogen-bond acceptors (Lipinski definition) is 0. The van der Waals surface area contributed by atoms with E-state index >= 15 is 0 Å². The van der Waals surface area contributed by atoms with Gasteiger partial charge in [-0.2, -0.15) is 0 Å². The van der Waals surface area contributed by atoms with Crippen LogP contribution in [0.5, 0.6) is 0 Å². The minimum Gasteiger partial charge on any atom is -0.0831 e. The van der Waals surface area contributed by atoms with Crippen molar-refractivity contribution in [2.24, 2.45) is 0 Å². The van der Waals surface area contributed by atoms with Crippen molar-refractivity contribution in [2.75, 3.05) is 0 Å². The fourth-order valence-corrected chi connectivity index (χ4v) is 13.5. The summed E-state index contributed by atoms with van der Waals surface area (Å²) in [5.41, 5.74) is 0. The van der Waals surface area contributed by atoms with Crippen LogP contribution < -0.4 is 0 Å². The third-order valence-electron chi connectivity index (χ3n) is 2.17. The molecule has 0 bridgehead atoms. The molecule has 0 nitrogen and oxygen atoms in total. The molecule has 0 aromatic rings. The maximum atomic E-state index is 3.76. The van der Waals surface area contributed by atoms with Gasteiger partial charge in [-0.25, -0.2) is 0 Å². The van der Waals surface area contributed by atoms with E-state index in [0.717, 1.165) is 0 Å². The van der Waals surface area contributed by atoms with E-state index in [0.29, 0.717) is 0 Å². The molecule has 0 fully saturated rings. The predicted octanol–water partition coefficient (Wildman–Crippen LogP) is 11.4. The van der Waals surface area contributed by atoms with Gasteiger partial charge in [0.05, 0.1) is 4.83 Å². The van der Waals surface area contributed by atoms with Gasteiger partial charge in [0.15, 0.2) is 2.14 Å². The largest absolute Gasteiger partial charge is 0.162 e. The normalized spacial score (nSPS) is 17.6. The fourth-order valence-electron chi connectivity index (χ4n) is 0.949. The zero-order valence-corrected chi connectivity index (χ0v) is 33.0. The summed E-state index contributed by atoms with van der Waals surface area (Å²) in [6.45, 7) is 0. The third kappa shape index (κ3) is 6.13. The summed E-state index contributed by atoms with van der Waals surface area (Å²) >= 11 is 54.7. The highest BCUT2D eigenvalue weighted by atomic mass is 80.0. The molecule has 0 radical (unpaired) electrons. The molecule has 1 unspecified atom stereocenters. The molecule has 0 aromatic heterocycles. The van der Waals surface area contributed by atoms with Gasteiger partial charge >= 0.3 is 0 Å². The van der Waals surface area contributed by atoms with Crippen LogP contribution in [0.4, 0.5) is 0 Å².